The van der Waals surface area contributed by atoms with Gasteiger partial charge in [-0.05, 0) is 0 Å². The Morgan fingerprint density at radius 3 is 2.50 bits per heavy atom. The standard InChI is InChI=1S/C15H9B/c1-2-11-10-15-14(8-5-9-16-15)13-7-4-3-6-12(11)13/h1,3-10H. The van der Waals surface area contributed by atoms with E-state index in [4.69, 9.17) is 6.42 Å². The molecule has 16 heavy (non-hydrogen) atoms. The summed E-state index contributed by atoms with van der Waals surface area (Å²) in [6.45, 7) is 2.10. The molecule has 2 aromatic carbocycles. The first-order valence-electron chi connectivity index (χ1n) is 5.27. The third-order valence-corrected chi connectivity index (χ3v) is 2.92. The molecule has 72 valence electrons. The summed E-state index contributed by atoms with van der Waals surface area (Å²) in [4.78, 5) is 0. The van der Waals surface area contributed by atoms with Gasteiger partial charge in [0.25, 0.3) is 0 Å². The van der Waals surface area contributed by atoms with Crippen molar-refractivity contribution in [1.29, 1.82) is 0 Å². The van der Waals surface area contributed by atoms with Crippen LogP contribution in [0.5, 0.6) is 0 Å². The Morgan fingerprint density at radius 1 is 0.938 bits per heavy atom. The second-order valence-electron chi connectivity index (χ2n) is 3.84. The Hall–Kier alpha value is -2.07. The molecule has 0 fully saturated rings. The zero-order valence-electron chi connectivity index (χ0n) is 8.77. The van der Waals surface area contributed by atoms with Crippen molar-refractivity contribution < 1.29 is 0 Å². The van der Waals surface area contributed by atoms with Crippen LogP contribution in [0.1, 0.15) is 5.56 Å². The zero-order chi connectivity index (χ0) is 11.0. The fourth-order valence-electron chi connectivity index (χ4n) is 2.17. The second kappa shape index (κ2) is 3.50. The van der Waals surface area contributed by atoms with E-state index in [9.17, 15) is 0 Å². The van der Waals surface area contributed by atoms with Gasteiger partial charge in [-0.2, -0.15) is 0 Å². The van der Waals surface area contributed by atoms with Crippen molar-refractivity contribution in [2.45, 2.75) is 0 Å². The van der Waals surface area contributed by atoms with Gasteiger partial charge in [-0.1, -0.05) is 0 Å². The Balaban J connectivity index is 2.64. The van der Waals surface area contributed by atoms with E-state index in [1.807, 2.05) is 12.0 Å². The van der Waals surface area contributed by atoms with Crippen molar-refractivity contribution in [1.82, 2.24) is 0 Å². The molecule has 0 aliphatic rings. The number of hydrogen-bond acceptors (Lipinski definition) is 0. The minimum atomic E-state index is 0.967. The number of hydrogen-bond donors (Lipinski definition) is 0. The second-order valence-corrected chi connectivity index (χ2v) is 3.84. The van der Waals surface area contributed by atoms with E-state index in [0.29, 0.717) is 0 Å². The van der Waals surface area contributed by atoms with Gasteiger partial charge in [-0.25, -0.2) is 0 Å². The maximum absolute atomic E-state index is 5.56. The fourth-order valence-corrected chi connectivity index (χ4v) is 2.17. The van der Waals surface area contributed by atoms with E-state index >= 15 is 0 Å². The van der Waals surface area contributed by atoms with Gasteiger partial charge in [0.1, 0.15) is 0 Å². The Labute approximate surface area is 95.1 Å². The van der Waals surface area contributed by atoms with Crippen molar-refractivity contribution in [2.75, 3.05) is 0 Å². The quantitative estimate of drug-likeness (QED) is 0.385. The zero-order valence-corrected chi connectivity index (χ0v) is 8.77. The number of fused-ring (bicyclic) bond motifs is 3. The summed E-state index contributed by atoms with van der Waals surface area (Å²) in [6.07, 6.45) is 5.56. The Bertz CT molecular complexity index is 720. The van der Waals surface area contributed by atoms with Crippen LogP contribution in [0.25, 0.3) is 21.4 Å². The van der Waals surface area contributed by atoms with Gasteiger partial charge in [0.15, 0.2) is 0 Å². The molecule has 0 unspecified atom stereocenters. The van der Waals surface area contributed by atoms with E-state index in [0.717, 1.165) is 10.9 Å². The summed E-state index contributed by atoms with van der Waals surface area (Å²) in [6, 6.07) is 14.6. The van der Waals surface area contributed by atoms with E-state index in [1.54, 1.807) is 0 Å². The predicted molar refractivity (Wildman–Crippen MR) is 70.7 cm³/mol. The van der Waals surface area contributed by atoms with Gasteiger partial charge < -0.3 is 0 Å². The van der Waals surface area contributed by atoms with Crippen molar-refractivity contribution in [3.05, 3.63) is 54.0 Å². The third kappa shape index (κ3) is 1.24. The first-order valence-corrected chi connectivity index (χ1v) is 5.27. The van der Waals surface area contributed by atoms with Crippen LogP contribution in [0.15, 0.2) is 48.4 Å². The summed E-state index contributed by atoms with van der Waals surface area (Å²) in [5.41, 5.74) is 0.967. The van der Waals surface area contributed by atoms with Crippen molar-refractivity contribution in [3.8, 4) is 12.3 Å². The average Bonchev–Trinajstić information content (AvgIpc) is 2.38. The summed E-state index contributed by atoms with van der Waals surface area (Å²) >= 11 is 0. The topological polar surface area (TPSA) is 0 Å². The number of benzene rings is 2. The first-order chi connectivity index (χ1) is 7.90. The molecule has 0 bridgehead atoms. The molecule has 1 aromatic heterocycles. The van der Waals surface area contributed by atoms with Crippen LogP contribution >= 0.6 is 0 Å². The number of terminal acetylenes is 1. The average molecular weight is 200 g/mol. The van der Waals surface area contributed by atoms with Gasteiger partial charge in [0.2, 0.25) is 0 Å². The van der Waals surface area contributed by atoms with Crippen LogP contribution in [-0.2, 0) is 0 Å². The molecule has 1 heteroatoms. The van der Waals surface area contributed by atoms with E-state index in [-0.39, 0.29) is 0 Å². The molecule has 0 saturated carbocycles. The number of rotatable bonds is 0. The summed E-state index contributed by atoms with van der Waals surface area (Å²) < 4.78 is 0. The minimum absolute atomic E-state index is 0.967. The fraction of sp³-hybridized carbons (Fsp3) is 0. The van der Waals surface area contributed by atoms with E-state index in [2.05, 4.69) is 49.2 Å². The van der Waals surface area contributed by atoms with Crippen LogP contribution in [0, 0.1) is 12.3 Å². The normalized spacial score (nSPS) is 10.2. The molecule has 0 radical (unpaired) electrons. The summed E-state index contributed by atoms with van der Waals surface area (Å²) in [5, 5.41) is 4.85. The molecule has 0 aliphatic carbocycles. The SMILES string of the molecule is C#Cc1cc2bcccc2c2ccccc12. The van der Waals surface area contributed by atoms with Gasteiger partial charge in [-0.15, -0.1) is 0 Å². The summed E-state index contributed by atoms with van der Waals surface area (Å²) in [5.74, 6) is 4.80. The Kier molecular flexibility index (Phi) is 2.01. The monoisotopic (exact) mass is 200 g/mol. The molecule has 3 rings (SSSR count). The molecule has 1 heterocycles. The van der Waals surface area contributed by atoms with Crippen molar-refractivity contribution in [3.63, 3.8) is 0 Å². The van der Waals surface area contributed by atoms with Crippen LogP contribution in [0.4, 0.5) is 0 Å². The van der Waals surface area contributed by atoms with Gasteiger partial charge in [0.05, 0.1) is 0 Å². The Morgan fingerprint density at radius 2 is 1.69 bits per heavy atom. The van der Waals surface area contributed by atoms with Crippen molar-refractivity contribution >= 4 is 28.4 Å². The maximum atomic E-state index is 5.56. The predicted octanol–water partition coefficient (Wildman–Crippen LogP) is 3.31. The van der Waals surface area contributed by atoms with Gasteiger partial charge in [-0.3, -0.25) is 0 Å². The van der Waals surface area contributed by atoms with E-state index in [1.165, 1.54) is 16.1 Å². The molecule has 0 spiro atoms. The van der Waals surface area contributed by atoms with Crippen LogP contribution < -0.4 is 0 Å². The molecule has 0 N–H and O–H groups in total. The molecule has 0 nitrogen and oxygen atoms in total. The molecule has 0 atom stereocenters. The molecule has 0 saturated heterocycles. The summed E-state index contributed by atoms with van der Waals surface area (Å²) in [7, 11) is 0. The van der Waals surface area contributed by atoms with Crippen LogP contribution in [-0.4, -0.2) is 6.91 Å². The molecule has 0 amide bonds. The first kappa shape index (κ1) is 9.18. The molecular weight excluding hydrogens is 191 g/mol. The third-order valence-electron chi connectivity index (χ3n) is 2.92. The van der Waals surface area contributed by atoms with Crippen LogP contribution in [0.3, 0.4) is 0 Å². The van der Waals surface area contributed by atoms with Crippen LogP contribution in [0.2, 0.25) is 0 Å². The van der Waals surface area contributed by atoms with Crippen molar-refractivity contribution in [2.24, 2.45) is 0 Å². The van der Waals surface area contributed by atoms with Gasteiger partial charge >= 0.3 is 94.7 Å². The molecule has 0 aliphatic heterocycles. The van der Waals surface area contributed by atoms with Gasteiger partial charge in [0, 0.05) is 0 Å². The molecule has 3 aromatic rings. The van der Waals surface area contributed by atoms with E-state index < -0.39 is 0 Å². The molecular formula is C15H9B.